The van der Waals surface area contributed by atoms with Gasteiger partial charge in [-0.05, 0) is 60.0 Å². The maximum Gasteiger partial charge on any atom is 0.238 e. The zero-order valence-electron chi connectivity index (χ0n) is 20.5. The Morgan fingerprint density at radius 1 is 1.09 bits per heavy atom. The van der Waals surface area contributed by atoms with E-state index >= 15 is 0 Å². The maximum atomic E-state index is 13.4. The normalized spacial score (nSPS) is 16.0. The Hall–Kier alpha value is -3.23. The summed E-state index contributed by atoms with van der Waals surface area (Å²) >= 11 is 0. The molecule has 0 radical (unpaired) electrons. The molecule has 0 saturated carbocycles. The van der Waals surface area contributed by atoms with E-state index in [1.807, 2.05) is 52.9 Å². The molecule has 2 heterocycles. The Kier molecular flexibility index (Phi) is 6.46. The van der Waals surface area contributed by atoms with Crippen LogP contribution in [0, 0.1) is 5.92 Å². The number of rotatable bonds is 6. The van der Waals surface area contributed by atoms with E-state index in [9.17, 15) is 18.0 Å². The van der Waals surface area contributed by atoms with Gasteiger partial charge in [-0.3, -0.25) is 9.59 Å². The van der Waals surface area contributed by atoms with Crippen LogP contribution in [0.4, 0.5) is 0 Å². The number of carbonyl (C=O) groups is 2. The van der Waals surface area contributed by atoms with Crippen LogP contribution >= 0.6 is 0 Å². The molecule has 1 aliphatic rings. The van der Waals surface area contributed by atoms with Crippen molar-refractivity contribution in [2.75, 3.05) is 6.54 Å². The van der Waals surface area contributed by atoms with Crippen LogP contribution in [-0.4, -0.2) is 36.1 Å². The number of primary sulfonamides is 1. The topological polar surface area (TPSA) is 102 Å². The van der Waals surface area contributed by atoms with Crippen LogP contribution in [0.15, 0.2) is 65.7 Å². The second-order valence-corrected chi connectivity index (χ2v) is 11.6. The highest BCUT2D eigenvalue weighted by Crippen LogP contribution is 2.34. The number of benzene rings is 2. The van der Waals surface area contributed by atoms with E-state index in [-0.39, 0.29) is 27.9 Å². The molecule has 1 unspecified atom stereocenters. The summed E-state index contributed by atoms with van der Waals surface area (Å²) in [6.45, 7) is 8.91. The number of fused-ring (bicyclic) bond motifs is 1. The van der Waals surface area contributed by atoms with E-state index in [0.717, 1.165) is 22.5 Å². The molecular formula is C27H31N3O4S. The van der Waals surface area contributed by atoms with Crippen molar-refractivity contribution in [3.63, 3.8) is 0 Å². The second-order valence-electron chi connectivity index (χ2n) is 10.0. The van der Waals surface area contributed by atoms with E-state index in [1.54, 1.807) is 19.1 Å². The smallest absolute Gasteiger partial charge is 0.238 e. The van der Waals surface area contributed by atoms with E-state index in [1.165, 1.54) is 12.1 Å². The van der Waals surface area contributed by atoms with Gasteiger partial charge in [0.05, 0.1) is 4.90 Å². The number of hydrogen-bond donors (Lipinski definition) is 1. The van der Waals surface area contributed by atoms with Gasteiger partial charge in [-0.25, -0.2) is 13.6 Å². The van der Waals surface area contributed by atoms with Gasteiger partial charge in [-0.2, -0.15) is 0 Å². The quantitative estimate of drug-likeness (QED) is 0.527. The van der Waals surface area contributed by atoms with Crippen LogP contribution in [-0.2, 0) is 33.2 Å². The minimum atomic E-state index is -3.76. The number of nitrogens with two attached hydrogens (primary N) is 1. The van der Waals surface area contributed by atoms with Crippen LogP contribution in [0.2, 0.25) is 0 Å². The molecule has 7 nitrogen and oxygen atoms in total. The summed E-state index contributed by atoms with van der Waals surface area (Å²) in [5, 5.41) is 5.20. The van der Waals surface area contributed by atoms with Crippen LogP contribution in [0.25, 0.3) is 5.69 Å². The minimum Gasteiger partial charge on any atom is -0.338 e. The monoisotopic (exact) mass is 493 g/mol. The molecule has 2 aromatic carbocycles. The fraction of sp³-hybridized carbons (Fsp3) is 0.333. The largest absolute Gasteiger partial charge is 0.338 e. The highest BCUT2D eigenvalue weighted by atomic mass is 32.2. The number of sulfonamides is 1. The lowest BCUT2D eigenvalue weighted by Crippen LogP contribution is -2.44. The van der Waals surface area contributed by atoms with Gasteiger partial charge in [-0.15, -0.1) is 0 Å². The summed E-state index contributed by atoms with van der Waals surface area (Å²) < 4.78 is 25.0. The number of carbonyl (C=O) groups excluding carboxylic acids is 2. The van der Waals surface area contributed by atoms with Crippen molar-refractivity contribution in [1.82, 2.24) is 9.47 Å². The van der Waals surface area contributed by atoms with Gasteiger partial charge >= 0.3 is 0 Å². The molecule has 1 atom stereocenters. The number of nitrogens with zero attached hydrogens (tertiary/aromatic N) is 2. The molecule has 0 spiro atoms. The Morgan fingerprint density at radius 2 is 1.77 bits per heavy atom. The van der Waals surface area contributed by atoms with Crippen LogP contribution in [0.5, 0.6) is 0 Å². The summed E-state index contributed by atoms with van der Waals surface area (Å²) in [6.07, 6.45) is 2.42. The van der Waals surface area contributed by atoms with Crippen LogP contribution in [0.3, 0.4) is 0 Å². The van der Waals surface area contributed by atoms with Crippen LogP contribution in [0.1, 0.15) is 54.9 Å². The predicted molar refractivity (Wildman–Crippen MR) is 135 cm³/mol. The molecule has 35 heavy (non-hydrogen) atoms. The highest BCUT2D eigenvalue weighted by Gasteiger charge is 2.33. The molecule has 1 aromatic heterocycles. The summed E-state index contributed by atoms with van der Waals surface area (Å²) in [5.74, 6) is -0.138. The SMILES string of the molecule is CC(=O)N1Cc2ccc(C(=O)C(C)Cc3cccn3-c3ccc(S(N)(=O)=O)cc3)cc2C(C)(C)C1. The van der Waals surface area contributed by atoms with Crippen molar-refractivity contribution in [1.29, 1.82) is 0 Å². The first-order valence-electron chi connectivity index (χ1n) is 11.6. The third-order valence-electron chi connectivity index (χ3n) is 6.76. The molecule has 2 N–H and O–H groups in total. The van der Waals surface area contributed by atoms with Crippen molar-refractivity contribution in [2.45, 2.75) is 51.0 Å². The Bertz CT molecular complexity index is 1390. The van der Waals surface area contributed by atoms with Gasteiger partial charge in [0.15, 0.2) is 5.78 Å². The molecule has 184 valence electrons. The fourth-order valence-electron chi connectivity index (χ4n) is 4.87. The number of ketones is 1. The molecule has 3 aromatic rings. The maximum absolute atomic E-state index is 13.4. The molecule has 0 aliphatic carbocycles. The zero-order valence-corrected chi connectivity index (χ0v) is 21.3. The van der Waals surface area contributed by atoms with Gasteiger partial charge in [0.25, 0.3) is 0 Å². The third kappa shape index (κ3) is 5.09. The molecule has 1 amide bonds. The average Bonchev–Trinajstić information content (AvgIpc) is 3.25. The predicted octanol–water partition coefficient (Wildman–Crippen LogP) is 3.83. The van der Waals surface area contributed by atoms with Gasteiger partial charge in [0.1, 0.15) is 0 Å². The first kappa shape index (κ1) is 24.9. The molecular weight excluding hydrogens is 462 g/mol. The molecule has 0 bridgehead atoms. The fourth-order valence-corrected chi connectivity index (χ4v) is 5.38. The number of amides is 1. The lowest BCUT2D eigenvalue weighted by atomic mass is 9.77. The Labute approximate surface area is 206 Å². The van der Waals surface area contributed by atoms with Crippen LogP contribution < -0.4 is 5.14 Å². The first-order chi connectivity index (χ1) is 16.4. The summed E-state index contributed by atoms with van der Waals surface area (Å²) in [5.41, 5.74) is 4.38. The van der Waals surface area contributed by atoms with E-state index < -0.39 is 10.0 Å². The highest BCUT2D eigenvalue weighted by molar-refractivity contribution is 7.89. The third-order valence-corrected chi connectivity index (χ3v) is 7.68. The second kappa shape index (κ2) is 9.09. The minimum absolute atomic E-state index is 0.0554. The van der Waals surface area contributed by atoms with Crippen molar-refractivity contribution in [2.24, 2.45) is 11.1 Å². The van der Waals surface area contributed by atoms with Gasteiger partial charge in [0, 0.05) is 54.5 Å². The molecule has 8 heteroatoms. The molecule has 0 fully saturated rings. The van der Waals surface area contributed by atoms with E-state index in [2.05, 4.69) is 13.8 Å². The number of Topliss-reactive ketones (excluding diaryl/α,β-unsaturated/α-hetero) is 1. The van der Waals surface area contributed by atoms with Crippen molar-refractivity contribution in [3.8, 4) is 5.69 Å². The Morgan fingerprint density at radius 3 is 2.40 bits per heavy atom. The molecule has 0 saturated heterocycles. The average molecular weight is 494 g/mol. The van der Waals surface area contributed by atoms with Gasteiger partial charge in [-0.1, -0.05) is 32.9 Å². The number of hydrogen-bond acceptors (Lipinski definition) is 4. The van der Waals surface area contributed by atoms with E-state index in [4.69, 9.17) is 5.14 Å². The molecule has 4 rings (SSSR count). The summed E-state index contributed by atoms with van der Waals surface area (Å²) in [6, 6.07) is 16.1. The zero-order chi connectivity index (χ0) is 25.5. The lowest BCUT2D eigenvalue weighted by molar-refractivity contribution is -0.130. The lowest BCUT2D eigenvalue weighted by Gasteiger charge is -2.39. The summed E-state index contributed by atoms with van der Waals surface area (Å²) in [4.78, 5) is 27.2. The van der Waals surface area contributed by atoms with Gasteiger partial charge < -0.3 is 9.47 Å². The van der Waals surface area contributed by atoms with Crippen molar-refractivity contribution < 1.29 is 18.0 Å². The summed E-state index contributed by atoms with van der Waals surface area (Å²) in [7, 11) is -3.76. The van der Waals surface area contributed by atoms with Gasteiger partial charge in [0.2, 0.25) is 15.9 Å². The Balaban J connectivity index is 1.55. The van der Waals surface area contributed by atoms with Crippen molar-refractivity contribution in [3.05, 3.63) is 83.2 Å². The van der Waals surface area contributed by atoms with Crippen molar-refractivity contribution >= 4 is 21.7 Å². The first-order valence-corrected chi connectivity index (χ1v) is 13.1. The van der Waals surface area contributed by atoms with E-state index in [0.29, 0.717) is 25.1 Å². The molecule has 1 aliphatic heterocycles. The number of aromatic nitrogens is 1. The standard InChI is InChI=1S/C27H31N3O4S/c1-18(14-23-6-5-13-30(23)22-9-11-24(12-10-22)35(28,33)34)26(32)20-7-8-21-16-29(19(2)31)17-27(3,4)25(21)15-20/h5-13,15,18H,14,16-17H2,1-4H3,(H2,28,33,34).